The van der Waals surface area contributed by atoms with Crippen molar-refractivity contribution in [2.24, 2.45) is 0 Å². The first-order valence-electron chi connectivity index (χ1n) is 6.21. The fourth-order valence-corrected chi connectivity index (χ4v) is 2.24. The molecule has 0 spiro atoms. The normalized spacial score (nSPS) is 10.7. The summed E-state index contributed by atoms with van der Waals surface area (Å²) in [5.41, 5.74) is 1.79. The smallest absolute Gasteiger partial charge is 0.360 e. The van der Waals surface area contributed by atoms with Crippen LogP contribution in [0.4, 0.5) is 0 Å². The lowest BCUT2D eigenvalue weighted by Gasteiger charge is -2.07. The van der Waals surface area contributed by atoms with Crippen LogP contribution in [0.3, 0.4) is 0 Å². The molecule has 0 saturated carbocycles. The Morgan fingerprint density at radius 1 is 1.15 bits per heavy atom. The van der Waals surface area contributed by atoms with Crippen LogP contribution in [-0.4, -0.2) is 28.1 Å². The van der Waals surface area contributed by atoms with Gasteiger partial charge in [-0.3, -0.25) is 0 Å². The molecule has 1 aromatic heterocycles. The maximum absolute atomic E-state index is 11.6. The van der Waals surface area contributed by atoms with Crippen molar-refractivity contribution in [3.63, 3.8) is 0 Å². The zero-order valence-corrected chi connectivity index (χ0v) is 11.2. The van der Waals surface area contributed by atoms with Crippen LogP contribution in [0.2, 0.25) is 0 Å². The molecule has 3 aromatic rings. The summed E-state index contributed by atoms with van der Waals surface area (Å²) < 4.78 is 6.36. The van der Waals surface area contributed by atoms with E-state index in [0.29, 0.717) is 5.69 Å². The molecule has 2 aromatic carbocycles. The lowest BCUT2D eigenvalue weighted by Crippen LogP contribution is -2.05. The van der Waals surface area contributed by atoms with Crippen LogP contribution in [0, 0.1) is 6.92 Å². The number of hydrogen-bond acceptors (Lipinski definition) is 4. The summed E-state index contributed by atoms with van der Waals surface area (Å²) >= 11 is 0. The Morgan fingerprint density at radius 2 is 1.90 bits per heavy atom. The van der Waals surface area contributed by atoms with E-state index < -0.39 is 5.97 Å². The van der Waals surface area contributed by atoms with Gasteiger partial charge in [-0.25, -0.2) is 9.48 Å². The minimum atomic E-state index is -0.478. The average Bonchev–Trinajstić information content (AvgIpc) is 2.87. The van der Waals surface area contributed by atoms with Crippen LogP contribution < -0.4 is 0 Å². The second kappa shape index (κ2) is 4.77. The van der Waals surface area contributed by atoms with Crippen LogP contribution in [-0.2, 0) is 4.74 Å². The van der Waals surface area contributed by atoms with Crippen LogP contribution in [0.1, 0.15) is 16.2 Å². The number of carbonyl (C=O) groups excluding carboxylic acids is 1. The summed E-state index contributed by atoms with van der Waals surface area (Å²) in [5.74, 6) is -0.478. The molecule has 0 atom stereocenters. The standard InChI is InChI=1S/C15H13N3O2/c1-10-14(15(19)20-2)16-17-18(10)13-9-5-7-11-6-3-4-8-12(11)13/h3-9H,1-2H3. The summed E-state index contributed by atoms with van der Waals surface area (Å²) in [6.45, 7) is 1.80. The zero-order chi connectivity index (χ0) is 14.1. The molecule has 0 aliphatic carbocycles. The van der Waals surface area contributed by atoms with E-state index >= 15 is 0 Å². The zero-order valence-electron chi connectivity index (χ0n) is 11.2. The molecular formula is C15H13N3O2. The van der Waals surface area contributed by atoms with Crippen LogP contribution in [0.5, 0.6) is 0 Å². The Labute approximate surface area is 115 Å². The molecule has 100 valence electrons. The average molecular weight is 267 g/mol. The number of esters is 1. The summed E-state index contributed by atoms with van der Waals surface area (Å²) in [6.07, 6.45) is 0. The van der Waals surface area contributed by atoms with E-state index in [1.807, 2.05) is 42.5 Å². The van der Waals surface area contributed by atoms with Gasteiger partial charge in [-0.1, -0.05) is 41.6 Å². The molecule has 3 rings (SSSR count). The molecule has 5 heteroatoms. The number of nitrogens with zero attached hydrogens (tertiary/aromatic N) is 3. The maximum atomic E-state index is 11.6. The molecule has 0 aliphatic heterocycles. The number of hydrogen-bond donors (Lipinski definition) is 0. The fourth-order valence-electron chi connectivity index (χ4n) is 2.24. The number of methoxy groups -OCH3 is 1. The highest BCUT2D eigenvalue weighted by atomic mass is 16.5. The molecule has 0 fully saturated rings. The Kier molecular flexibility index (Phi) is 2.95. The number of rotatable bonds is 2. The van der Waals surface area contributed by atoms with Gasteiger partial charge in [-0.15, -0.1) is 5.10 Å². The van der Waals surface area contributed by atoms with E-state index in [-0.39, 0.29) is 5.69 Å². The lowest BCUT2D eigenvalue weighted by molar-refractivity contribution is 0.0593. The molecule has 0 aliphatic rings. The minimum Gasteiger partial charge on any atom is -0.464 e. The minimum absolute atomic E-state index is 0.237. The number of aromatic nitrogens is 3. The molecular weight excluding hydrogens is 254 g/mol. The van der Waals surface area contributed by atoms with Crippen molar-refractivity contribution in [2.45, 2.75) is 6.92 Å². The van der Waals surface area contributed by atoms with E-state index in [1.165, 1.54) is 7.11 Å². The van der Waals surface area contributed by atoms with Crippen molar-refractivity contribution in [1.29, 1.82) is 0 Å². The fraction of sp³-hybridized carbons (Fsp3) is 0.133. The second-order valence-corrected chi connectivity index (χ2v) is 4.43. The van der Waals surface area contributed by atoms with Gasteiger partial charge in [-0.05, 0) is 18.4 Å². The lowest BCUT2D eigenvalue weighted by atomic mass is 10.1. The van der Waals surface area contributed by atoms with E-state index in [9.17, 15) is 4.79 Å². The quantitative estimate of drug-likeness (QED) is 0.669. The SMILES string of the molecule is COC(=O)c1nnn(-c2cccc3ccccc23)c1C. The van der Waals surface area contributed by atoms with E-state index in [4.69, 9.17) is 4.74 Å². The molecule has 0 N–H and O–H groups in total. The van der Waals surface area contributed by atoms with Crippen molar-refractivity contribution in [3.8, 4) is 5.69 Å². The first kappa shape index (κ1) is 12.3. The monoisotopic (exact) mass is 267 g/mol. The van der Waals surface area contributed by atoms with Crippen molar-refractivity contribution in [3.05, 3.63) is 53.9 Å². The van der Waals surface area contributed by atoms with Crippen molar-refractivity contribution >= 4 is 16.7 Å². The predicted molar refractivity (Wildman–Crippen MR) is 74.9 cm³/mol. The van der Waals surface area contributed by atoms with Gasteiger partial charge in [0, 0.05) is 5.39 Å². The predicted octanol–water partition coefficient (Wildman–Crippen LogP) is 2.52. The van der Waals surface area contributed by atoms with Crippen molar-refractivity contribution < 1.29 is 9.53 Å². The van der Waals surface area contributed by atoms with Gasteiger partial charge in [-0.2, -0.15) is 0 Å². The van der Waals surface area contributed by atoms with Crippen molar-refractivity contribution in [2.75, 3.05) is 7.11 Å². The molecule has 5 nitrogen and oxygen atoms in total. The summed E-state index contributed by atoms with van der Waals surface area (Å²) in [7, 11) is 1.33. The third-order valence-electron chi connectivity index (χ3n) is 3.27. The van der Waals surface area contributed by atoms with Crippen LogP contribution >= 0.6 is 0 Å². The molecule has 0 amide bonds. The molecule has 0 radical (unpaired) electrons. The van der Waals surface area contributed by atoms with E-state index in [2.05, 4.69) is 10.3 Å². The first-order chi connectivity index (χ1) is 9.72. The number of carbonyl (C=O) groups is 1. The Bertz CT molecular complexity index is 787. The third-order valence-corrected chi connectivity index (χ3v) is 3.27. The van der Waals surface area contributed by atoms with Gasteiger partial charge in [0.15, 0.2) is 5.69 Å². The maximum Gasteiger partial charge on any atom is 0.360 e. The highest BCUT2D eigenvalue weighted by Gasteiger charge is 2.18. The van der Waals surface area contributed by atoms with Gasteiger partial charge in [0.1, 0.15) is 0 Å². The second-order valence-electron chi connectivity index (χ2n) is 4.43. The highest BCUT2D eigenvalue weighted by molar-refractivity contribution is 5.91. The van der Waals surface area contributed by atoms with Crippen LogP contribution in [0.15, 0.2) is 42.5 Å². The third kappa shape index (κ3) is 1.84. The van der Waals surface area contributed by atoms with Gasteiger partial charge in [0.25, 0.3) is 0 Å². The number of ether oxygens (including phenoxy) is 1. The van der Waals surface area contributed by atoms with Gasteiger partial charge >= 0.3 is 5.97 Å². The molecule has 20 heavy (non-hydrogen) atoms. The molecule has 1 heterocycles. The molecule has 0 saturated heterocycles. The summed E-state index contributed by atoms with van der Waals surface area (Å²) in [6, 6.07) is 13.9. The summed E-state index contributed by atoms with van der Waals surface area (Å²) in [4.78, 5) is 11.6. The van der Waals surface area contributed by atoms with Crippen molar-refractivity contribution in [1.82, 2.24) is 15.0 Å². The van der Waals surface area contributed by atoms with Gasteiger partial charge < -0.3 is 4.74 Å². The number of fused-ring (bicyclic) bond motifs is 1. The highest BCUT2D eigenvalue weighted by Crippen LogP contribution is 2.23. The molecule has 0 unspecified atom stereocenters. The summed E-state index contributed by atoms with van der Waals surface area (Å²) in [5, 5.41) is 10.1. The molecule has 0 bridgehead atoms. The van der Waals surface area contributed by atoms with Gasteiger partial charge in [0.2, 0.25) is 0 Å². The largest absolute Gasteiger partial charge is 0.464 e. The first-order valence-corrected chi connectivity index (χ1v) is 6.21. The Balaban J connectivity index is 2.22. The number of benzene rings is 2. The topological polar surface area (TPSA) is 57.0 Å². The van der Waals surface area contributed by atoms with E-state index in [1.54, 1.807) is 11.6 Å². The Hall–Kier alpha value is -2.69. The Morgan fingerprint density at radius 3 is 2.70 bits per heavy atom. The van der Waals surface area contributed by atoms with E-state index in [0.717, 1.165) is 16.5 Å². The van der Waals surface area contributed by atoms with Gasteiger partial charge in [0.05, 0.1) is 18.5 Å². The van der Waals surface area contributed by atoms with Crippen LogP contribution in [0.25, 0.3) is 16.5 Å².